The van der Waals surface area contributed by atoms with E-state index in [4.69, 9.17) is 0 Å². The molecule has 0 aromatic rings. The molecule has 2 aliphatic rings. The molecule has 2 fully saturated rings. The number of urea groups is 1. The summed E-state index contributed by atoms with van der Waals surface area (Å²) in [5.74, 6) is -1.21. The molecular weight excluding hydrogens is 310 g/mol. The number of nitrogens with zero attached hydrogens (tertiary/aromatic N) is 2. The Balaban J connectivity index is 1.97. The highest BCUT2D eigenvalue weighted by Crippen LogP contribution is 2.29. The Kier molecular flexibility index (Phi) is 5.62. The van der Waals surface area contributed by atoms with Crippen molar-refractivity contribution < 1.29 is 19.2 Å². The molecule has 0 bridgehead atoms. The van der Waals surface area contributed by atoms with Crippen LogP contribution in [0, 0.1) is 17.8 Å². The van der Waals surface area contributed by atoms with Crippen LogP contribution in [0.25, 0.3) is 0 Å². The summed E-state index contributed by atoms with van der Waals surface area (Å²) in [6, 6.07) is -0.643. The van der Waals surface area contributed by atoms with Gasteiger partial charge in [-0.2, -0.15) is 0 Å². The lowest BCUT2D eigenvalue weighted by molar-refractivity contribution is -0.144. The van der Waals surface area contributed by atoms with Crippen LogP contribution in [0.15, 0.2) is 0 Å². The molecule has 1 N–H and O–H groups in total. The molecule has 0 radical (unpaired) electrons. The molecule has 1 saturated carbocycles. The maximum atomic E-state index is 12.3. The van der Waals surface area contributed by atoms with E-state index in [1.165, 1.54) is 0 Å². The summed E-state index contributed by atoms with van der Waals surface area (Å²) in [4.78, 5) is 50.1. The minimum atomic E-state index is -0.916. The van der Waals surface area contributed by atoms with E-state index < -0.39 is 24.4 Å². The fourth-order valence-electron chi connectivity index (χ4n) is 3.40. The number of carbonyl (C=O) groups excluding carboxylic acids is 4. The van der Waals surface area contributed by atoms with Gasteiger partial charge in [-0.1, -0.05) is 40.5 Å². The van der Waals surface area contributed by atoms with E-state index in [2.05, 4.69) is 19.2 Å². The topological polar surface area (TPSA) is 86.8 Å². The number of amides is 5. The van der Waals surface area contributed by atoms with Gasteiger partial charge in [-0.3, -0.25) is 19.3 Å². The molecule has 0 unspecified atom stereocenters. The van der Waals surface area contributed by atoms with Gasteiger partial charge in [0.25, 0.3) is 0 Å². The Hall–Kier alpha value is -1.92. The lowest BCUT2D eigenvalue weighted by Crippen LogP contribution is -2.48. The van der Waals surface area contributed by atoms with Crippen LogP contribution in [0.4, 0.5) is 4.79 Å². The first-order valence-corrected chi connectivity index (χ1v) is 8.69. The fraction of sp³-hybridized carbons (Fsp3) is 0.765. The fourth-order valence-corrected chi connectivity index (χ4v) is 3.40. The molecule has 3 atom stereocenters. The van der Waals surface area contributed by atoms with E-state index in [0.29, 0.717) is 11.8 Å². The Bertz CT molecular complexity index is 546. The highest BCUT2D eigenvalue weighted by Gasteiger charge is 2.45. The molecule has 7 heteroatoms. The van der Waals surface area contributed by atoms with E-state index >= 15 is 0 Å². The summed E-state index contributed by atoms with van der Waals surface area (Å²) in [6.45, 7) is 7.76. The standard InChI is InChI=1S/C17H27N3O4/c1-10(2)8-19-15(22)16(23)20(17(19)24)9-14(21)18-13-7-5-6-11(3)12(13)4/h10-13H,5-9H2,1-4H3,(H,18,21)/t11-,12+,13-/m0/s1. The monoisotopic (exact) mass is 337 g/mol. The van der Waals surface area contributed by atoms with Crippen LogP contribution in [-0.4, -0.2) is 52.7 Å². The molecule has 2 rings (SSSR count). The molecule has 5 amide bonds. The number of rotatable bonds is 5. The van der Waals surface area contributed by atoms with E-state index in [0.717, 1.165) is 29.1 Å². The van der Waals surface area contributed by atoms with Gasteiger partial charge >= 0.3 is 17.8 Å². The second-order valence-corrected chi connectivity index (χ2v) is 7.42. The van der Waals surface area contributed by atoms with E-state index in [9.17, 15) is 19.2 Å². The number of hydrogen-bond acceptors (Lipinski definition) is 4. The van der Waals surface area contributed by atoms with Crippen molar-refractivity contribution in [2.24, 2.45) is 17.8 Å². The van der Waals surface area contributed by atoms with Crippen molar-refractivity contribution in [2.45, 2.75) is 53.0 Å². The normalized spacial score (nSPS) is 28.0. The predicted octanol–water partition coefficient (Wildman–Crippen LogP) is 1.37. The molecule has 1 aliphatic heterocycles. The molecule has 1 saturated heterocycles. The Morgan fingerprint density at radius 1 is 1.12 bits per heavy atom. The van der Waals surface area contributed by atoms with E-state index in [-0.39, 0.29) is 24.4 Å². The molecule has 24 heavy (non-hydrogen) atoms. The summed E-state index contributed by atoms with van der Waals surface area (Å²) in [5.41, 5.74) is 0. The van der Waals surface area contributed by atoms with Crippen LogP contribution in [0.3, 0.4) is 0 Å². The van der Waals surface area contributed by atoms with Gasteiger partial charge in [-0.15, -0.1) is 0 Å². The number of nitrogens with one attached hydrogen (secondary N) is 1. The third-order valence-corrected chi connectivity index (χ3v) is 5.04. The zero-order chi connectivity index (χ0) is 18.0. The molecule has 7 nitrogen and oxygen atoms in total. The van der Waals surface area contributed by atoms with Crippen LogP contribution < -0.4 is 5.32 Å². The van der Waals surface area contributed by atoms with Crippen molar-refractivity contribution in [3.05, 3.63) is 0 Å². The zero-order valence-electron chi connectivity index (χ0n) is 14.9. The highest BCUT2D eigenvalue weighted by molar-refractivity contribution is 6.45. The summed E-state index contributed by atoms with van der Waals surface area (Å²) >= 11 is 0. The molecule has 0 aromatic heterocycles. The van der Waals surface area contributed by atoms with Gasteiger partial charge in [0.2, 0.25) is 5.91 Å². The lowest BCUT2D eigenvalue weighted by atomic mass is 9.78. The molecule has 0 aromatic carbocycles. The minimum Gasteiger partial charge on any atom is -0.352 e. The van der Waals surface area contributed by atoms with Crippen LogP contribution >= 0.6 is 0 Å². The third-order valence-electron chi connectivity index (χ3n) is 5.04. The van der Waals surface area contributed by atoms with Crippen molar-refractivity contribution in [1.29, 1.82) is 0 Å². The maximum absolute atomic E-state index is 12.3. The van der Waals surface area contributed by atoms with Crippen molar-refractivity contribution in [1.82, 2.24) is 15.1 Å². The Morgan fingerprint density at radius 2 is 1.75 bits per heavy atom. The van der Waals surface area contributed by atoms with Crippen molar-refractivity contribution in [2.75, 3.05) is 13.1 Å². The molecule has 0 spiro atoms. The summed E-state index contributed by atoms with van der Waals surface area (Å²) in [5, 5.41) is 2.92. The average Bonchev–Trinajstić information content (AvgIpc) is 2.69. The number of carbonyl (C=O) groups is 4. The van der Waals surface area contributed by atoms with Crippen molar-refractivity contribution >= 4 is 23.8 Å². The Morgan fingerprint density at radius 3 is 2.38 bits per heavy atom. The summed E-state index contributed by atoms with van der Waals surface area (Å²) in [7, 11) is 0. The van der Waals surface area contributed by atoms with Gasteiger partial charge in [-0.05, 0) is 24.2 Å². The van der Waals surface area contributed by atoms with Crippen LogP contribution in [0.1, 0.15) is 47.0 Å². The summed E-state index contributed by atoms with van der Waals surface area (Å²) in [6.07, 6.45) is 3.10. The zero-order valence-corrected chi connectivity index (χ0v) is 14.9. The van der Waals surface area contributed by atoms with Gasteiger partial charge in [0, 0.05) is 12.6 Å². The van der Waals surface area contributed by atoms with Gasteiger partial charge in [0.1, 0.15) is 6.54 Å². The van der Waals surface area contributed by atoms with Gasteiger partial charge < -0.3 is 5.32 Å². The first kappa shape index (κ1) is 18.4. The van der Waals surface area contributed by atoms with Gasteiger partial charge in [0.05, 0.1) is 0 Å². The quantitative estimate of drug-likeness (QED) is 0.606. The van der Waals surface area contributed by atoms with Crippen LogP contribution in [0.2, 0.25) is 0 Å². The SMILES string of the molecule is CC(C)CN1C(=O)C(=O)N(CC(=O)N[C@H]2CCC[C@H](C)[C@H]2C)C1=O. The van der Waals surface area contributed by atoms with Gasteiger partial charge in [-0.25, -0.2) is 9.69 Å². The van der Waals surface area contributed by atoms with Crippen molar-refractivity contribution in [3.63, 3.8) is 0 Å². The molecule has 1 aliphatic carbocycles. The smallest absolute Gasteiger partial charge is 0.334 e. The van der Waals surface area contributed by atoms with E-state index in [1.807, 2.05) is 13.8 Å². The summed E-state index contributed by atoms with van der Waals surface area (Å²) < 4.78 is 0. The third kappa shape index (κ3) is 3.76. The largest absolute Gasteiger partial charge is 0.352 e. The number of hydrogen-bond donors (Lipinski definition) is 1. The first-order valence-electron chi connectivity index (χ1n) is 8.69. The van der Waals surface area contributed by atoms with Crippen molar-refractivity contribution in [3.8, 4) is 0 Å². The average molecular weight is 337 g/mol. The number of imide groups is 2. The minimum absolute atomic E-state index is 0.0523. The maximum Gasteiger partial charge on any atom is 0.334 e. The highest BCUT2D eigenvalue weighted by atomic mass is 16.2. The second kappa shape index (κ2) is 7.32. The molecule has 134 valence electrons. The van der Waals surface area contributed by atoms with Gasteiger partial charge in [0.15, 0.2) is 0 Å². The lowest BCUT2D eigenvalue weighted by Gasteiger charge is -2.34. The van der Waals surface area contributed by atoms with Crippen LogP contribution in [-0.2, 0) is 14.4 Å². The molecule has 1 heterocycles. The Labute approximate surface area is 142 Å². The van der Waals surface area contributed by atoms with E-state index in [1.54, 1.807) is 0 Å². The first-order chi connectivity index (χ1) is 11.2. The van der Waals surface area contributed by atoms with Crippen LogP contribution in [0.5, 0.6) is 0 Å². The molecular formula is C17H27N3O4. The predicted molar refractivity (Wildman–Crippen MR) is 87.8 cm³/mol. The second-order valence-electron chi connectivity index (χ2n) is 7.42.